The van der Waals surface area contributed by atoms with Crippen LogP contribution in [0.5, 0.6) is 0 Å². The molecule has 0 unspecified atom stereocenters. The third kappa shape index (κ3) is 5.13. The highest BCUT2D eigenvalue weighted by Gasteiger charge is 2.28. The van der Waals surface area contributed by atoms with Crippen LogP contribution in [0.3, 0.4) is 0 Å². The second-order valence-corrected chi connectivity index (χ2v) is 9.75. The second kappa shape index (κ2) is 10.6. The van der Waals surface area contributed by atoms with Gasteiger partial charge in [-0.1, -0.05) is 0 Å². The number of aliphatic hydroxyl groups is 1. The van der Waals surface area contributed by atoms with Crippen molar-refractivity contribution < 1.29 is 9.90 Å². The molecule has 0 aromatic carbocycles. The van der Waals surface area contributed by atoms with Gasteiger partial charge in [-0.3, -0.25) is 9.78 Å². The number of nitrogens with one attached hydrogen (secondary N) is 2. The molecule has 0 spiro atoms. The summed E-state index contributed by atoms with van der Waals surface area (Å²) in [5.41, 5.74) is 6.00. The van der Waals surface area contributed by atoms with E-state index in [1.54, 1.807) is 26.2 Å². The number of nitrogens with zero attached hydrogens (tertiary/aromatic N) is 5. The van der Waals surface area contributed by atoms with Gasteiger partial charge in [0.05, 0.1) is 35.0 Å². The minimum absolute atomic E-state index is 0.0977. The van der Waals surface area contributed by atoms with Gasteiger partial charge < -0.3 is 25.2 Å². The number of fused-ring (bicyclic) bond motifs is 2. The molecular weight excluding hydrogens is 466 g/mol. The van der Waals surface area contributed by atoms with Crippen molar-refractivity contribution in [2.45, 2.75) is 45.8 Å². The number of carbonyl (C=O) groups is 1. The van der Waals surface area contributed by atoms with Crippen LogP contribution in [-0.2, 0) is 13.6 Å². The van der Waals surface area contributed by atoms with Gasteiger partial charge in [0.2, 0.25) is 0 Å². The van der Waals surface area contributed by atoms with Crippen molar-refractivity contribution >= 4 is 34.1 Å². The molecule has 0 radical (unpaired) electrons. The number of anilines is 3. The van der Waals surface area contributed by atoms with Gasteiger partial charge in [-0.2, -0.15) is 0 Å². The maximum atomic E-state index is 12.8. The fourth-order valence-electron chi connectivity index (χ4n) is 4.88. The molecule has 6 heterocycles. The maximum Gasteiger partial charge on any atom is 0.254 e. The van der Waals surface area contributed by atoms with E-state index in [0.29, 0.717) is 23.6 Å². The van der Waals surface area contributed by atoms with Gasteiger partial charge in [0, 0.05) is 61.7 Å². The van der Waals surface area contributed by atoms with E-state index in [4.69, 9.17) is 10.1 Å². The lowest BCUT2D eigenvalue weighted by Crippen LogP contribution is -2.29. The van der Waals surface area contributed by atoms with Gasteiger partial charge in [0.1, 0.15) is 11.5 Å². The van der Waals surface area contributed by atoms with Crippen molar-refractivity contribution in [3.8, 4) is 11.3 Å². The third-order valence-corrected chi connectivity index (χ3v) is 6.59. The number of rotatable bonds is 4. The minimum Gasteiger partial charge on any atom is -0.394 e. The molecule has 1 fully saturated rings. The molecule has 3 N–H and O–H groups in total. The molecular formula is C28H33N7O2. The fraction of sp³-hybridized carbons (Fsp3) is 0.357. The van der Waals surface area contributed by atoms with Gasteiger partial charge in [-0.15, -0.1) is 0 Å². The van der Waals surface area contributed by atoms with E-state index in [-0.39, 0.29) is 12.0 Å². The first-order chi connectivity index (χ1) is 17.9. The Bertz CT molecular complexity index is 1400. The lowest BCUT2D eigenvalue weighted by Gasteiger charge is -2.28. The van der Waals surface area contributed by atoms with E-state index in [1.807, 2.05) is 42.2 Å². The summed E-state index contributed by atoms with van der Waals surface area (Å²) in [5.74, 6) is 0.598. The molecule has 0 saturated carbocycles. The Morgan fingerprint density at radius 2 is 1.81 bits per heavy atom. The van der Waals surface area contributed by atoms with Gasteiger partial charge in [0.15, 0.2) is 0 Å². The smallest absolute Gasteiger partial charge is 0.254 e. The quantitative estimate of drug-likeness (QED) is 0.382. The van der Waals surface area contributed by atoms with Crippen LogP contribution in [-0.4, -0.2) is 49.7 Å². The number of piperidine rings is 1. The average Bonchev–Trinajstić information content (AvgIpc) is 3.48. The molecule has 4 aromatic heterocycles. The normalized spacial score (nSPS) is 14.8. The van der Waals surface area contributed by atoms with E-state index in [2.05, 4.69) is 31.6 Å². The molecule has 1 amide bonds. The Kier molecular flexibility index (Phi) is 7.05. The van der Waals surface area contributed by atoms with Crippen LogP contribution in [0.15, 0.2) is 49.1 Å². The molecule has 9 nitrogen and oxygen atoms in total. The van der Waals surface area contributed by atoms with Crippen molar-refractivity contribution in [3.05, 3.63) is 60.2 Å². The molecule has 2 aliphatic heterocycles. The minimum atomic E-state index is -0.167. The summed E-state index contributed by atoms with van der Waals surface area (Å²) >= 11 is 0. The van der Waals surface area contributed by atoms with Crippen LogP contribution in [0, 0.1) is 0 Å². The summed E-state index contributed by atoms with van der Waals surface area (Å²) in [6.07, 6.45) is 11.0. The molecule has 4 aromatic rings. The first-order valence-electron chi connectivity index (χ1n) is 12.8. The Balaban J connectivity index is 0.000000655. The number of hydrogen-bond donors (Lipinski definition) is 3. The first-order valence-corrected chi connectivity index (χ1v) is 12.8. The van der Waals surface area contributed by atoms with Crippen LogP contribution in [0.1, 0.15) is 49.0 Å². The van der Waals surface area contributed by atoms with Crippen LogP contribution in [0.2, 0.25) is 0 Å². The van der Waals surface area contributed by atoms with Crippen molar-refractivity contribution in [1.82, 2.24) is 24.8 Å². The van der Waals surface area contributed by atoms with Crippen LogP contribution < -0.4 is 15.5 Å². The maximum absolute atomic E-state index is 12.8. The van der Waals surface area contributed by atoms with Crippen molar-refractivity contribution in [2.24, 2.45) is 7.05 Å². The number of aromatic nitrogens is 4. The fourth-order valence-corrected chi connectivity index (χ4v) is 4.88. The van der Waals surface area contributed by atoms with Gasteiger partial charge >= 0.3 is 0 Å². The molecule has 0 aliphatic carbocycles. The predicted octanol–water partition coefficient (Wildman–Crippen LogP) is 4.39. The van der Waals surface area contributed by atoms with Gasteiger partial charge in [0.25, 0.3) is 5.91 Å². The molecule has 9 heteroatoms. The number of amides is 1. The van der Waals surface area contributed by atoms with E-state index >= 15 is 0 Å². The Labute approximate surface area is 216 Å². The number of aliphatic hydroxyl groups excluding tert-OH is 1. The lowest BCUT2D eigenvalue weighted by atomic mass is 10.0. The number of aryl methyl sites for hydroxylation is 1. The zero-order valence-electron chi connectivity index (χ0n) is 21.5. The Morgan fingerprint density at radius 3 is 2.54 bits per heavy atom. The monoisotopic (exact) mass is 499 g/mol. The zero-order chi connectivity index (χ0) is 25.9. The van der Waals surface area contributed by atoms with Crippen molar-refractivity contribution in [3.63, 3.8) is 0 Å². The largest absolute Gasteiger partial charge is 0.394 e. The zero-order valence-corrected chi connectivity index (χ0v) is 21.5. The summed E-state index contributed by atoms with van der Waals surface area (Å²) < 4.78 is 1.98. The lowest BCUT2D eigenvalue weighted by molar-refractivity contribution is 0.0966. The van der Waals surface area contributed by atoms with E-state index in [0.717, 1.165) is 46.6 Å². The van der Waals surface area contributed by atoms with Crippen molar-refractivity contribution in [2.75, 3.05) is 23.3 Å². The third-order valence-electron chi connectivity index (χ3n) is 6.59. The topological polar surface area (TPSA) is 108 Å². The van der Waals surface area contributed by atoms with Gasteiger partial charge in [-0.25, -0.2) is 9.97 Å². The van der Waals surface area contributed by atoms with Crippen LogP contribution in [0.4, 0.5) is 17.2 Å². The van der Waals surface area contributed by atoms with Crippen LogP contribution >= 0.6 is 0 Å². The second-order valence-electron chi connectivity index (χ2n) is 9.75. The Hall–Kier alpha value is -3.98. The SMILES string of the molecule is CC(C)O.Cn1ccc2c(-c3ncc(Nc4ccc(N5CCCCC5)cn4)c4c3CNC4=O)ccnc21. The van der Waals surface area contributed by atoms with E-state index in [1.165, 1.54) is 19.3 Å². The summed E-state index contributed by atoms with van der Waals surface area (Å²) in [7, 11) is 1.97. The molecule has 2 aliphatic rings. The highest BCUT2D eigenvalue weighted by Crippen LogP contribution is 2.36. The summed E-state index contributed by atoms with van der Waals surface area (Å²) in [6, 6.07) is 8.05. The number of hydrogen-bond acceptors (Lipinski definition) is 7. The number of carbonyl (C=O) groups excluding carboxylic acids is 1. The summed E-state index contributed by atoms with van der Waals surface area (Å²) in [5, 5.41) is 15.3. The predicted molar refractivity (Wildman–Crippen MR) is 146 cm³/mol. The highest BCUT2D eigenvalue weighted by atomic mass is 16.3. The molecule has 37 heavy (non-hydrogen) atoms. The summed E-state index contributed by atoms with van der Waals surface area (Å²) in [4.78, 5) is 29.0. The van der Waals surface area contributed by atoms with Gasteiger partial charge in [-0.05, 0) is 57.4 Å². The highest BCUT2D eigenvalue weighted by molar-refractivity contribution is 6.06. The molecule has 1 saturated heterocycles. The van der Waals surface area contributed by atoms with Crippen molar-refractivity contribution in [1.29, 1.82) is 0 Å². The van der Waals surface area contributed by atoms with Crippen LogP contribution in [0.25, 0.3) is 22.3 Å². The Morgan fingerprint density at radius 1 is 1.03 bits per heavy atom. The molecule has 0 bridgehead atoms. The number of pyridine rings is 3. The first kappa shape index (κ1) is 24.7. The summed E-state index contributed by atoms with van der Waals surface area (Å²) in [6.45, 7) is 6.05. The van der Waals surface area contributed by atoms with E-state index in [9.17, 15) is 4.79 Å². The average molecular weight is 500 g/mol. The molecule has 0 atom stereocenters. The molecule has 192 valence electrons. The standard InChI is InChI=1S/C25H25N7O.C3H8O/c1-31-12-8-18-17(7-9-26-24(18)31)23-19-14-29-25(33)22(19)20(15-28-23)30-21-6-5-16(13-27-21)32-10-3-2-4-11-32;1-3(2)4/h5-9,12-13,15H,2-4,10-11,14H2,1H3,(H,27,30)(H,29,33);3-4H,1-2H3. The molecule has 6 rings (SSSR count). The van der Waals surface area contributed by atoms with E-state index < -0.39 is 0 Å².